The number of nitrogens with zero attached hydrogens (tertiary/aromatic N) is 1. The number of nitrogens with one attached hydrogen (secondary N) is 2. The average molecular weight is 364 g/mol. The predicted octanol–water partition coefficient (Wildman–Crippen LogP) is 1.82. The summed E-state index contributed by atoms with van der Waals surface area (Å²) in [5.41, 5.74) is 0.407. The second kappa shape index (κ2) is 8.26. The van der Waals surface area contributed by atoms with Crippen LogP contribution in [0.5, 0.6) is 5.75 Å². The zero-order valence-corrected chi connectivity index (χ0v) is 15.2. The number of amides is 2. The van der Waals surface area contributed by atoms with Crippen LogP contribution in [-0.4, -0.2) is 46.9 Å². The Morgan fingerprint density at radius 1 is 1.39 bits per heavy atom. The quantitative estimate of drug-likeness (QED) is 0.773. The van der Waals surface area contributed by atoms with Crippen molar-refractivity contribution in [1.82, 2.24) is 10.6 Å². The lowest BCUT2D eigenvalue weighted by Gasteiger charge is -2.23. The van der Waals surface area contributed by atoms with Gasteiger partial charge in [0.15, 0.2) is 0 Å². The van der Waals surface area contributed by atoms with Gasteiger partial charge in [0.25, 0.3) is 0 Å². The van der Waals surface area contributed by atoms with Gasteiger partial charge in [0.2, 0.25) is 10.0 Å². The van der Waals surface area contributed by atoms with E-state index in [9.17, 15) is 13.2 Å². The molecule has 0 bridgehead atoms. The molecule has 0 atom stereocenters. The van der Waals surface area contributed by atoms with Gasteiger partial charge in [-0.1, -0.05) is 11.6 Å². The van der Waals surface area contributed by atoms with Gasteiger partial charge in [-0.05, 0) is 32.0 Å². The van der Waals surface area contributed by atoms with Gasteiger partial charge in [-0.25, -0.2) is 13.2 Å². The molecular formula is C14H22ClN3O4S. The van der Waals surface area contributed by atoms with Crippen molar-refractivity contribution < 1.29 is 17.9 Å². The lowest BCUT2D eigenvalue weighted by molar-refractivity contribution is 0.239. The first-order chi connectivity index (χ1) is 10.6. The minimum Gasteiger partial charge on any atom is -0.495 e. The molecule has 2 N–H and O–H groups in total. The highest BCUT2D eigenvalue weighted by Gasteiger charge is 2.18. The Morgan fingerprint density at radius 3 is 2.52 bits per heavy atom. The normalized spacial score (nSPS) is 11.2. The van der Waals surface area contributed by atoms with Gasteiger partial charge < -0.3 is 15.4 Å². The molecule has 0 aliphatic rings. The van der Waals surface area contributed by atoms with Crippen molar-refractivity contribution in [3.8, 4) is 5.75 Å². The number of sulfonamides is 1. The maximum absolute atomic E-state index is 12.0. The Morgan fingerprint density at radius 2 is 2.04 bits per heavy atom. The van der Waals surface area contributed by atoms with E-state index in [1.807, 2.05) is 13.8 Å². The zero-order valence-electron chi connectivity index (χ0n) is 13.6. The number of carbonyl (C=O) groups excluding carboxylic acids is 1. The molecule has 7 nitrogen and oxygen atoms in total. The van der Waals surface area contributed by atoms with Crippen molar-refractivity contribution in [3.05, 3.63) is 23.2 Å². The molecule has 0 unspecified atom stereocenters. The van der Waals surface area contributed by atoms with E-state index in [0.29, 0.717) is 16.5 Å². The molecule has 0 saturated carbocycles. The van der Waals surface area contributed by atoms with Crippen LogP contribution in [0, 0.1) is 0 Å². The highest BCUT2D eigenvalue weighted by molar-refractivity contribution is 7.92. The first-order valence-corrected chi connectivity index (χ1v) is 9.23. The number of methoxy groups -OCH3 is 1. The molecule has 9 heteroatoms. The average Bonchev–Trinajstić information content (AvgIpc) is 2.41. The Balaban J connectivity index is 2.83. The fourth-order valence-corrected chi connectivity index (χ4v) is 3.05. The van der Waals surface area contributed by atoms with E-state index in [4.69, 9.17) is 16.3 Å². The molecule has 0 radical (unpaired) electrons. The van der Waals surface area contributed by atoms with Crippen LogP contribution in [0.4, 0.5) is 10.5 Å². The zero-order chi connectivity index (χ0) is 17.6. The summed E-state index contributed by atoms with van der Waals surface area (Å²) in [6.07, 6.45) is 1.10. The number of halogens is 1. The van der Waals surface area contributed by atoms with Gasteiger partial charge in [0.05, 0.1) is 30.6 Å². The van der Waals surface area contributed by atoms with Crippen LogP contribution in [0.15, 0.2) is 18.2 Å². The topological polar surface area (TPSA) is 87.7 Å². The number of hydrogen-bond donors (Lipinski definition) is 2. The van der Waals surface area contributed by atoms with Crippen LogP contribution < -0.4 is 19.7 Å². The van der Waals surface area contributed by atoms with Gasteiger partial charge in [-0.2, -0.15) is 0 Å². The third-order valence-corrected chi connectivity index (χ3v) is 4.33. The summed E-state index contributed by atoms with van der Waals surface area (Å²) < 4.78 is 30.2. The molecule has 0 aliphatic heterocycles. The van der Waals surface area contributed by atoms with Crippen LogP contribution in [0.25, 0.3) is 0 Å². The first kappa shape index (κ1) is 19.4. The minimum absolute atomic E-state index is 0.00130. The summed E-state index contributed by atoms with van der Waals surface area (Å²) in [4.78, 5) is 11.5. The van der Waals surface area contributed by atoms with Crippen molar-refractivity contribution in [2.45, 2.75) is 19.9 Å². The largest absolute Gasteiger partial charge is 0.495 e. The molecule has 0 aromatic heterocycles. The number of benzene rings is 1. The summed E-state index contributed by atoms with van der Waals surface area (Å²) in [7, 11) is -2.03. The van der Waals surface area contributed by atoms with Crippen molar-refractivity contribution in [2.75, 3.05) is 30.8 Å². The predicted molar refractivity (Wildman–Crippen MR) is 91.9 cm³/mol. The molecule has 1 aromatic rings. The summed E-state index contributed by atoms with van der Waals surface area (Å²) in [5, 5.41) is 5.58. The maximum atomic E-state index is 12.0. The van der Waals surface area contributed by atoms with Gasteiger partial charge in [0, 0.05) is 12.6 Å². The molecule has 1 rings (SSSR count). The molecule has 1 aromatic carbocycles. The van der Waals surface area contributed by atoms with E-state index >= 15 is 0 Å². The first-order valence-electron chi connectivity index (χ1n) is 7.00. The second-order valence-corrected chi connectivity index (χ2v) is 7.52. The van der Waals surface area contributed by atoms with E-state index in [1.54, 1.807) is 12.1 Å². The van der Waals surface area contributed by atoms with Gasteiger partial charge in [-0.3, -0.25) is 4.31 Å². The molecule has 23 heavy (non-hydrogen) atoms. The van der Waals surface area contributed by atoms with Crippen LogP contribution in [0.3, 0.4) is 0 Å². The smallest absolute Gasteiger partial charge is 0.315 e. The summed E-state index contributed by atoms with van der Waals surface area (Å²) >= 11 is 6.04. The van der Waals surface area contributed by atoms with E-state index in [1.165, 1.54) is 17.5 Å². The Bertz CT molecular complexity index is 649. The number of ether oxygens (including phenoxy) is 1. The van der Waals surface area contributed by atoms with Gasteiger partial charge in [-0.15, -0.1) is 0 Å². The van der Waals surface area contributed by atoms with E-state index in [0.717, 1.165) is 6.26 Å². The number of urea groups is 1. The fraction of sp³-hybridized carbons (Fsp3) is 0.500. The monoisotopic (exact) mass is 363 g/mol. The third kappa shape index (κ3) is 6.15. The van der Waals surface area contributed by atoms with Crippen LogP contribution in [0.2, 0.25) is 5.02 Å². The molecule has 2 amide bonds. The van der Waals surface area contributed by atoms with E-state index in [2.05, 4.69) is 10.6 Å². The summed E-state index contributed by atoms with van der Waals surface area (Å²) in [6.45, 7) is 3.92. The van der Waals surface area contributed by atoms with Crippen LogP contribution in [-0.2, 0) is 10.0 Å². The SMILES string of the molecule is COc1ccc(N(CCNC(=O)NC(C)C)S(C)(=O)=O)cc1Cl. The Kier molecular flexibility index (Phi) is 6.96. The lowest BCUT2D eigenvalue weighted by atomic mass is 10.3. The standard InChI is InChI=1S/C14H22ClN3O4S/c1-10(2)17-14(19)16-7-8-18(23(4,20)21)11-5-6-13(22-3)12(15)9-11/h5-6,9-10H,7-8H2,1-4H3,(H2,16,17,19). The second-order valence-electron chi connectivity index (χ2n) is 5.21. The number of carbonyl (C=O) groups is 1. The number of anilines is 1. The summed E-state index contributed by atoms with van der Waals surface area (Å²) in [5.74, 6) is 0.457. The molecule has 0 fully saturated rings. The Hall–Kier alpha value is -1.67. The van der Waals surface area contributed by atoms with Crippen molar-refractivity contribution >= 4 is 33.3 Å². The van der Waals surface area contributed by atoms with Crippen LogP contribution >= 0.6 is 11.6 Å². The molecule has 0 aliphatic carbocycles. The Labute approximate surface area is 142 Å². The van der Waals surface area contributed by atoms with E-state index < -0.39 is 10.0 Å². The molecule has 0 spiro atoms. The van der Waals surface area contributed by atoms with Crippen molar-refractivity contribution in [3.63, 3.8) is 0 Å². The van der Waals surface area contributed by atoms with Gasteiger partial charge in [0.1, 0.15) is 5.75 Å². The van der Waals surface area contributed by atoms with E-state index in [-0.39, 0.29) is 25.2 Å². The van der Waals surface area contributed by atoms with Crippen molar-refractivity contribution in [1.29, 1.82) is 0 Å². The maximum Gasteiger partial charge on any atom is 0.315 e. The molecule has 0 saturated heterocycles. The molecule has 130 valence electrons. The highest BCUT2D eigenvalue weighted by Crippen LogP contribution is 2.29. The molecule has 0 heterocycles. The fourth-order valence-electron chi connectivity index (χ4n) is 1.88. The van der Waals surface area contributed by atoms with Crippen LogP contribution in [0.1, 0.15) is 13.8 Å². The van der Waals surface area contributed by atoms with Gasteiger partial charge >= 0.3 is 6.03 Å². The third-order valence-electron chi connectivity index (χ3n) is 2.84. The number of hydrogen-bond acceptors (Lipinski definition) is 4. The molecular weight excluding hydrogens is 342 g/mol. The summed E-state index contributed by atoms with van der Waals surface area (Å²) in [6, 6.07) is 4.35. The van der Waals surface area contributed by atoms with Crippen molar-refractivity contribution in [2.24, 2.45) is 0 Å². The highest BCUT2D eigenvalue weighted by atomic mass is 35.5. The lowest BCUT2D eigenvalue weighted by Crippen LogP contribution is -2.43. The number of rotatable bonds is 7. The minimum atomic E-state index is -3.51.